The van der Waals surface area contributed by atoms with E-state index in [1.54, 1.807) is 6.07 Å². The van der Waals surface area contributed by atoms with Gasteiger partial charge in [0.1, 0.15) is 11.8 Å². The number of benzene rings is 1. The average molecular weight is 332 g/mol. The van der Waals surface area contributed by atoms with Gasteiger partial charge in [-0.1, -0.05) is 12.1 Å². The van der Waals surface area contributed by atoms with E-state index < -0.39 is 0 Å². The van der Waals surface area contributed by atoms with E-state index in [1.807, 2.05) is 42.2 Å². The Bertz CT molecular complexity index is 856. The second kappa shape index (κ2) is 6.21. The fourth-order valence-electron chi connectivity index (χ4n) is 3.95. The number of nitriles is 1. The number of fused-ring (bicyclic) bond motifs is 2. The molecule has 0 aliphatic carbocycles. The summed E-state index contributed by atoms with van der Waals surface area (Å²) in [7, 11) is 0. The molecule has 5 nitrogen and oxygen atoms in total. The van der Waals surface area contributed by atoms with Crippen LogP contribution in [0.25, 0.3) is 11.3 Å². The lowest BCUT2D eigenvalue weighted by Crippen LogP contribution is -2.62. The van der Waals surface area contributed by atoms with E-state index in [-0.39, 0.29) is 6.03 Å². The third-order valence-corrected chi connectivity index (χ3v) is 5.27. The van der Waals surface area contributed by atoms with Crippen molar-refractivity contribution in [2.45, 2.75) is 44.7 Å². The fraction of sp³-hybridized carbons (Fsp3) is 0.350. The molecule has 2 aliphatic rings. The molecule has 1 aromatic heterocycles. The number of hydrogen-bond donors (Lipinski definition) is 1. The van der Waals surface area contributed by atoms with Crippen molar-refractivity contribution in [3.63, 3.8) is 0 Å². The minimum absolute atomic E-state index is 0.00510. The number of nitrogens with one attached hydrogen (secondary N) is 1. The summed E-state index contributed by atoms with van der Waals surface area (Å²) >= 11 is 0. The molecule has 1 aromatic carbocycles. The lowest BCUT2D eigenvalue weighted by atomic mass is 9.80. The molecule has 3 heterocycles. The van der Waals surface area contributed by atoms with Gasteiger partial charge < -0.3 is 10.2 Å². The molecule has 2 amide bonds. The molecule has 2 unspecified atom stereocenters. The third-order valence-electron chi connectivity index (χ3n) is 5.27. The van der Waals surface area contributed by atoms with Gasteiger partial charge in [0.2, 0.25) is 0 Å². The van der Waals surface area contributed by atoms with Crippen molar-refractivity contribution in [3.05, 3.63) is 47.7 Å². The summed E-state index contributed by atoms with van der Waals surface area (Å²) < 4.78 is 0. The van der Waals surface area contributed by atoms with E-state index >= 15 is 0 Å². The van der Waals surface area contributed by atoms with E-state index in [2.05, 4.69) is 16.4 Å². The summed E-state index contributed by atoms with van der Waals surface area (Å²) in [6.45, 7) is 2.00. The molecule has 126 valence electrons. The molecule has 1 N–H and O–H groups in total. The molecule has 2 bridgehead atoms. The van der Waals surface area contributed by atoms with E-state index in [0.717, 1.165) is 41.8 Å². The van der Waals surface area contributed by atoms with Gasteiger partial charge in [0.05, 0.1) is 5.69 Å². The monoisotopic (exact) mass is 332 g/mol. The van der Waals surface area contributed by atoms with Crippen molar-refractivity contribution in [2.24, 2.45) is 0 Å². The van der Waals surface area contributed by atoms with Gasteiger partial charge >= 0.3 is 6.03 Å². The Morgan fingerprint density at radius 2 is 2.08 bits per heavy atom. The van der Waals surface area contributed by atoms with Crippen molar-refractivity contribution in [1.82, 2.24) is 9.88 Å². The topological polar surface area (TPSA) is 69.0 Å². The lowest BCUT2D eigenvalue weighted by Gasteiger charge is -2.52. The fourth-order valence-corrected chi connectivity index (χ4v) is 3.95. The van der Waals surface area contributed by atoms with E-state index in [9.17, 15) is 4.79 Å². The van der Waals surface area contributed by atoms with Gasteiger partial charge in [0, 0.05) is 23.3 Å². The number of nitrogens with zero attached hydrogens (tertiary/aromatic N) is 3. The predicted octanol–water partition coefficient (Wildman–Crippen LogP) is 4.09. The predicted molar refractivity (Wildman–Crippen MR) is 96.0 cm³/mol. The van der Waals surface area contributed by atoms with Gasteiger partial charge in [0.15, 0.2) is 0 Å². The Morgan fingerprint density at radius 3 is 2.80 bits per heavy atom. The first-order chi connectivity index (χ1) is 12.2. The molecular weight excluding hydrogens is 312 g/mol. The molecular formula is C20H20N4O. The van der Waals surface area contributed by atoms with Crippen LogP contribution in [0.1, 0.15) is 36.9 Å². The number of aryl methyl sites for hydroxylation is 1. The molecule has 0 spiro atoms. The van der Waals surface area contributed by atoms with Crippen LogP contribution in [0.4, 0.5) is 10.5 Å². The van der Waals surface area contributed by atoms with Crippen LogP contribution in [0.3, 0.4) is 0 Å². The summed E-state index contributed by atoms with van der Waals surface area (Å²) in [5.74, 6) is 0. The van der Waals surface area contributed by atoms with Gasteiger partial charge in [-0.3, -0.25) is 0 Å². The molecule has 25 heavy (non-hydrogen) atoms. The van der Waals surface area contributed by atoms with Crippen LogP contribution in [0, 0.1) is 18.3 Å². The summed E-state index contributed by atoms with van der Waals surface area (Å²) in [6, 6.07) is 14.1. The zero-order valence-corrected chi connectivity index (χ0v) is 14.2. The number of amides is 2. The Kier molecular flexibility index (Phi) is 3.89. The highest BCUT2D eigenvalue weighted by molar-refractivity contribution is 5.91. The minimum atomic E-state index is -0.00510. The second-order valence-electron chi connectivity index (χ2n) is 6.86. The van der Waals surface area contributed by atoms with Crippen LogP contribution in [-0.4, -0.2) is 28.0 Å². The van der Waals surface area contributed by atoms with Crippen LogP contribution in [0.2, 0.25) is 0 Å². The maximum Gasteiger partial charge on any atom is 0.322 e. The van der Waals surface area contributed by atoms with Crippen molar-refractivity contribution in [3.8, 4) is 17.3 Å². The Morgan fingerprint density at radius 1 is 1.28 bits per heavy atom. The number of urea groups is 1. The van der Waals surface area contributed by atoms with Crippen LogP contribution in [-0.2, 0) is 0 Å². The molecule has 4 rings (SSSR count). The Hall–Kier alpha value is -2.87. The van der Waals surface area contributed by atoms with Crippen LogP contribution in [0.15, 0.2) is 36.4 Å². The van der Waals surface area contributed by atoms with E-state index in [1.165, 1.54) is 6.42 Å². The molecule has 0 radical (unpaired) electrons. The SMILES string of the molecule is Cc1ccc(NC(=O)N2C3CCCC2C3)cc1-c1cccc(C#N)n1. The van der Waals surface area contributed by atoms with Crippen LogP contribution >= 0.6 is 0 Å². The van der Waals surface area contributed by atoms with Crippen molar-refractivity contribution in [1.29, 1.82) is 5.26 Å². The molecule has 2 atom stereocenters. The molecule has 2 aliphatic heterocycles. The smallest absolute Gasteiger partial charge is 0.318 e. The highest BCUT2D eigenvalue weighted by Gasteiger charge is 2.44. The first-order valence-electron chi connectivity index (χ1n) is 8.73. The maximum atomic E-state index is 12.6. The quantitative estimate of drug-likeness (QED) is 0.900. The van der Waals surface area contributed by atoms with E-state index in [4.69, 9.17) is 5.26 Å². The standard InChI is InChI=1S/C20H20N4O/c1-13-8-9-14(10-18(13)19-7-2-4-15(12-21)22-19)23-20(25)24-16-5-3-6-17(24)11-16/h2,4,7-10,16-17H,3,5-6,11H2,1H3,(H,23,25). The number of pyridine rings is 1. The molecule has 0 saturated carbocycles. The van der Waals surface area contributed by atoms with Crippen LogP contribution < -0.4 is 5.32 Å². The van der Waals surface area contributed by atoms with Crippen molar-refractivity contribution < 1.29 is 4.79 Å². The number of piperidine rings is 1. The average Bonchev–Trinajstić information content (AvgIpc) is 2.64. The van der Waals surface area contributed by atoms with Gasteiger partial charge in [-0.15, -0.1) is 0 Å². The molecule has 2 saturated heterocycles. The maximum absolute atomic E-state index is 12.6. The minimum Gasteiger partial charge on any atom is -0.318 e. The lowest BCUT2D eigenvalue weighted by molar-refractivity contribution is 0.0173. The van der Waals surface area contributed by atoms with E-state index in [0.29, 0.717) is 17.8 Å². The summed E-state index contributed by atoms with van der Waals surface area (Å²) in [5, 5.41) is 12.1. The third kappa shape index (κ3) is 2.85. The Labute approximate surface area is 147 Å². The Balaban J connectivity index is 1.57. The summed E-state index contributed by atoms with van der Waals surface area (Å²) in [6.07, 6.45) is 4.62. The second-order valence-corrected chi connectivity index (χ2v) is 6.86. The van der Waals surface area contributed by atoms with Crippen LogP contribution in [0.5, 0.6) is 0 Å². The number of anilines is 1. The van der Waals surface area contributed by atoms with Gasteiger partial charge in [-0.25, -0.2) is 9.78 Å². The van der Waals surface area contributed by atoms with Gasteiger partial charge in [-0.05, 0) is 62.4 Å². The molecule has 2 fully saturated rings. The van der Waals surface area contributed by atoms with Crippen molar-refractivity contribution in [2.75, 3.05) is 5.32 Å². The summed E-state index contributed by atoms with van der Waals surface area (Å²) in [5.41, 5.74) is 3.88. The largest absolute Gasteiger partial charge is 0.322 e. The number of carbonyl (C=O) groups is 1. The number of hydrogen-bond acceptors (Lipinski definition) is 3. The highest BCUT2D eigenvalue weighted by Crippen LogP contribution is 2.38. The molecule has 5 heteroatoms. The number of carbonyl (C=O) groups excluding carboxylic acids is 1. The van der Waals surface area contributed by atoms with Gasteiger partial charge in [0.25, 0.3) is 0 Å². The molecule has 2 aromatic rings. The number of rotatable bonds is 2. The number of aromatic nitrogens is 1. The normalized spacial score (nSPS) is 21.2. The first kappa shape index (κ1) is 15.6. The van der Waals surface area contributed by atoms with Crippen molar-refractivity contribution >= 4 is 11.7 Å². The zero-order chi connectivity index (χ0) is 17.4. The first-order valence-corrected chi connectivity index (χ1v) is 8.73. The van der Waals surface area contributed by atoms with Gasteiger partial charge in [-0.2, -0.15) is 5.26 Å². The highest BCUT2D eigenvalue weighted by atomic mass is 16.2. The zero-order valence-electron chi connectivity index (χ0n) is 14.2. The summed E-state index contributed by atoms with van der Waals surface area (Å²) in [4.78, 5) is 19.0.